The minimum atomic E-state index is -0.292. The van der Waals surface area contributed by atoms with Gasteiger partial charge in [0.15, 0.2) is 0 Å². The Kier molecular flexibility index (Phi) is 3.48. The number of carbonyl (C=O) groups is 1. The van der Waals surface area contributed by atoms with Crippen molar-refractivity contribution in [1.82, 2.24) is 0 Å². The third-order valence-corrected chi connectivity index (χ3v) is 5.47. The molecule has 2 N–H and O–H groups in total. The molecule has 2 fully saturated rings. The van der Waals surface area contributed by atoms with Gasteiger partial charge in [-0.2, -0.15) is 0 Å². The molecule has 19 heavy (non-hydrogen) atoms. The van der Waals surface area contributed by atoms with E-state index in [9.17, 15) is 9.18 Å². The zero-order chi connectivity index (χ0) is 13.6. The number of Topliss-reactive ketones (excluding diaryl/α,β-unsaturated/α-hetero) is 1. The summed E-state index contributed by atoms with van der Waals surface area (Å²) in [6.07, 6.45) is 3.78. The fourth-order valence-electron chi connectivity index (χ4n) is 3.78. The highest BCUT2D eigenvalue weighted by Crippen LogP contribution is 2.48. The summed E-state index contributed by atoms with van der Waals surface area (Å²) in [5.41, 5.74) is 7.04. The highest BCUT2D eigenvalue weighted by Gasteiger charge is 2.48. The fraction of sp³-hybridized carbons (Fsp3) is 0.533. The molecule has 102 valence electrons. The van der Waals surface area contributed by atoms with Crippen LogP contribution in [0, 0.1) is 23.6 Å². The van der Waals surface area contributed by atoms with E-state index >= 15 is 0 Å². The second-order valence-electron chi connectivity index (χ2n) is 5.82. The van der Waals surface area contributed by atoms with Crippen LogP contribution in [0.25, 0.3) is 0 Å². The summed E-state index contributed by atoms with van der Waals surface area (Å²) in [7, 11) is 0. The SMILES string of the molecule is NC1C2CCC(C2)C1C(=O)Cc1ccc(F)cc1Br. The zero-order valence-electron chi connectivity index (χ0n) is 10.6. The summed E-state index contributed by atoms with van der Waals surface area (Å²) in [6, 6.07) is 4.51. The van der Waals surface area contributed by atoms with Crippen molar-refractivity contribution in [2.45, 2.75) is 31.7 Å². The summed E-state index contributed by atoms with van der Waals surface area (Å²) in [4.78, 5) is 12.5. The number of hydrogen-bond acceptors (Lipinski definition) is 2. The van der Waals surface area contributed by atoms with Crippen LogP contribution in [-0.2, 0) is 11.2 Å². The van der Waals surface area contributed by atoms with E-state index < -0.39 is 0 Å². The van der Waals surface area contributed by atoms with Gasteiger partial charge in [-0.3, -0.25) is 4.79 Å². The number of nitrogens with two attached hydrogens (primary N) is 1. The maximum atomic E-state index is 13.0. The number of fused-ring (bicyclic) bond motifs is 2. The summed E-state index contributed by atoms with van der Waals surface area (Å²) >= 11 is 3.32. The fourth-order valence-corrected chi connectivity index (χ4v) is 4.28. The second kappa shape index (κ2) is 4.98. The number of benzene rings is 1. The lowest BCUT2D eigenvalue weighted by atomic mass is 9.80. The normalized spacial score (nSPS) is 32.8. The van der Waals surface area contributed by atoms with Gasteiger partial charge in [-0.1, -0.05) is 22.0 Å². The first kappa shape index (κ1) is 13.3. The van der Waals surface area contributed by atoms with Gasteiger partial charge in [-0.05, 0) is 48.8 Å². The highest BCUT2D eigenvalue weighted by atomic mass is 79.9. The Balaban J connectivity index is 1.75. The molecular formula is C15H17BrFNO. The Labute approximate surface area is 120 Å². The maximum Gasteiger partial charge on any atom is 0.142 e. The quantitative estimate of drug-likeness (QED) is 0.928. The largest absolute Gasteiger partial charge is 0.327 e. The first-order chi connectivity index (χ1) is 9.06. The van der Waals surface area contributed by atoms with Gasteiger partial charge >= 0.3 is 0 Å². The molecule has 1 aromatic rings. The van der Waals surface area contributed by atoms with Crippen molar-refractivity contribution >= 4 is 21.7 Å². The molecule has 4 atom stereocenters. The topological polar surface area (TPSA) is 43.1 Å². The molecule has 0 spiro atoms. The molecule has 4 unspecified atom stereocenters. The van der Waals surface area contributed by atoms with Crippen molar-refractivity contribution < 1.29 is 9.18 Å². The molecular weight excluding hydrogens is 309 g/mol. The van der Waals surface area contributed by atoms with E-state index in [0.717, 1.165) is 18.4 Å². The molecule has 0 heterocycles. The predicted octanol–water partition coefficient (Wildman–Crippen LogP) is 3.07. The lowest BCUT2D eigenvalue weighted by molar-refractivity contribution is -0.124. The maximum absolute atomic E-state index is 13.0. The monoisotopic (exact) mass is 325 g/mol. The van der Waals surface area contributed by atoms with Gasteiger partial charge in [0.2, 0.25) is 0 Å². The van der Waals surface area contributed by atoms with E-state index in [2.05, 4.69) is 15.9 Å². The van der Waals surface area contributed by atoms with Crippen LogP contribution < -0.4 is 5.73 Å². The van der Waals surface area contributed by atoms with E-state index in [0.29, 0.717) is 22.7 Å². The Hall–Kier alpha value is -0.740. The van der Waals surface area contributed by atoms with Crippen LogP contribution in [0.15, 0.2) is 22.7 Å². The number of hydrogen-bond donors (Lipinski definition) is 1. The van der Waals surface area contributed by atoms with E-state index in [1.54, 1.807) is 6.07 Å². The summed E-state index contributed by atoms with van der Waals surface area (Å²) < 4.78 is 13.7. The van der Waals surface area contributed by atoms with Crippen LogP contribution in [-0.4, -0.2) is 11.8 Å². The lowest BCUT2D eigenvalue weighted by Crippen LogP contribution is -2.40. The Morgan fingerprint density at radius 3 is 2.74 bits per heavy atom. The third kappa shape index (κ3) is 2.36. The lowest BCUT2D eigenvalue weighted by Gasteiger charge is -2.27. The van der Waals surface area contributed by atoms with Crippen LogP contribution in [0.3, 0.4) is 0 Å². The van der Waals surface area contributed by atoms with Gasteiger partial charge < -0.3 is 5.73 Å². The minimum absolute atomic E-state index is 0.00991. The molecule has 0 saturated heterocycles. The zero-order valence-corrected chi connectivity index (χ0v) is 12.2. The van der Waals surface area contributed by atoms with Crippen molar-refractivity contribution in [2.75, 3.05) is 0 Å². The molecule has 0 amide bonds. The number of ketones is 1. The van der Waals surface area contributed by atoms with Gasteiger partial charge in [-0.25, -0.2) is 4.39 Å². The number of rotatable bonds is 3. The Morgan fingerprint density at radius 1 is 1.37 bits per heavy atom. The van der Waals surface area contributed by atoms with Gasteiger partial charge in [0.05, 0.1) is 0 Å². The van der Waals surface area contributed by atoms with Crippen LogP contribution in [0.1, 0.15) is 24.8 Å². The summed E-state index contributed by atoms with van der Waals surface area (Å²) in [5.74, 6) is 0.949. The van der Waals surface area contributed by atoms with E-state index in [-0.39, 0.29) is 23.6 Å². The average molecular weight is 326 g/mol. The second-order valence-corrected chi connectivity index (χ2v) is 6.67. The van der Waals surface area contributed by atoms with Crippen molar-refractivity contribution in [3.05, 3.63) is 34.1 Å². The molecule has 2 aliphatic rings. The van der Waals surface area contributed by atoms with Crippen LogP contribution >= 0.6 is 15.9 Å². The summed E-state index contributed by atoms with van der Waals surface area (Å²) in [5, 5.41) is 0. The number of carbonyl (C=O) groups excluding carboxylic acids is 1. The summed E-state index contributed by atoms with van der Waals surface area (Å²) in [6.45, 7) is 0. The molecule has 2 aliphatic carbocycles. The van der Waals surface area contributed by atoms with E-state index in [1.807, 2.05) is 0 Å². The van der Waals surface area contributed by atoms with Crippen molar-refractivity contribution in [1.29, 1.82) is 0 Å². The highest BCUT2D eigenvalue weighted by molar-refractivity contribution is 9.10. The molecule has 2 nitrogen and oxygen atoms in total. The van der Waals surface area contributed by atoms with E-state index in [1.165, 1.54) is 18.6 Å². The molecule has 2 bridgehead atoms. The Bertz CT molecular complexity index is 517. The molecule has 0 radical (unpaired) electrons. The third-order valence-electron chi connectivity index (χ3n) is 4.73. The van der Waals surface area contributed by atoms with Crippen LogP contribution in [0.5, 0.6) is 0 Å². The predicted molar refractivity (Wildman–Crippen MR) is 75.1 cm³/mol. The van der Waals surface area contributed by atoms with Crippen LogP contribution in [0.4, 0.5) is 4.39 Å². The van der Waals surface area contributed by atoms with Gasteiger partial charge in [0.25, 0.3) is 0 Å². The first-order valence-electron chi connectivity index (χ1n) is 6.78. The van der Waals surface area contributed by atoms with Crippen molar-refractivity contribution in [2.24, 2.45) is 23.5 Å². The molecule has 0 aliphatic heterocycles. The number of halogens is 2. The average Bonchev–Trinajstić information content (AvgIpc) is 2.93. The molecule has 4 heteroatoms. The Morgan fingerprint density at radius 2 is 2.11 bits per heavy atom. The molecule has 3 rings (SSSR count). The molecule has 1 aromatic carbocycles. The van der Waals surface area contributed by atoms with Gasteiger partial charge in [-0.15, -0.1) is 0 Å². The van der Waals surface area contributed by atoms with Gasteiger partial charge in [0, 0.05) is 22.9 Å². The van der Waals surface area contributed by atoms with Gasteiger partial charge in [0.1, 0.15) is 11.6 Å². The minimum Gasteiger partial charge on any atom is -0.327 e. The standard InChI is InChI=1S/C15H17BrFNO/c16-12-7-11(17)4-3-8(12)6-13(19)14-9-1-2-10(5-9)15(14)18/h3-4,7,9-10,14-15H,1-2,5-6,18H2. The molecule has 2 saturated carbocycles. The van der Waals surface area contributed by atoms with Crippen molar-refractivity contribution in [3.8, 4) is 0 Å². The van der Waals surface area contributed by atoms with E-state index in [4.69, 9.17) is 5.73 Å². The van der Waals surface area contributed by atoms with Crippen molar-refractivity contribution in [3.63, 3.8) is 0 Å². The van der Waals surface area contributed by atoms with Crippen LogP contribution in [0.2, 0.25) is 0 Å². The first-order valence-corrected chi connectivity index (χ1v) is 7.58. The smallest absolute Gasteiger partial charge is 0.142 e. The molecule has 0 aromatic heterocycles.